The minimum atomic E-state index is 0. The minimum Gasteiger partial charge on any atom is -0.496 e. The molecule has 0 fully saturated rings. The normalized spacial score (nSPS) is 9.94. The summed E-state index contributed by atoms with van der Waals surface area (Å²) in [5.41, 5.74) is 7.59. The summed E-state index contributed by atoms with van der Waals surface area (Å²) in [7, 11) is 3.31. The maximum absolute atomic E-state index is 5.57. The van der Waals surface area contributed by atoms with Gasteiger partial charge in [-0.3, -0.25) is 0 Å². The molecule has 0 amide bonds. The molecule has 0 heterocycles. The summed E-state index contributed by atoms with van der Waals surface area (Å²) in [5.74, 6) is 1.65. The van der Waals surface area contributed by atoms with E-state index < -0.39 is 0 Å². The fourth-order valence-corrected chi connectivity index (χ4v) is 1.64. The molecule has 0 aromatic heterocycles. The van der Waals surface area contributed by atoms with E-state index in [4.69, 9.17) is 15.2 Å². The first-order valence-electron chi connectivity index (χ1n) is 5.50. The molecule has 1 aromatic rings. The molecule has 2 N–H and O–H groups in total. The number of allylic oxidation sites excluding steroid dienone is 2. The third-order valence-corrected chi connectivity index (χ3v) is 2.46. The minimum absolute atomic E-state index is 0. The van der Waals surface area contributed by atoms with E-state index >= 15 is 0 Å². The van der Waals surface area contributed by atoms with Crippen molar-refractivity contribution in [3.63, 3.8) is 0 Å². The Morgan fingerprint density at radius 1 is 1.22 bits per heavy atom. The van der Waals surface area contributed by atoms with Crippen LogP contribution in [0.1, 0.15) is 11.1 Å². The highest BCUT2D eigenvalue weighted by atomic mass is 35.5. The van der Waals surface area contributed by atoms with Crippen molar-refractivity contribution in [2.45, 2.75) is 6.42 Å². The van der Waals surface area contributed by atoms with Gasteiger partial charge in [-0.15, -0.1) is 12.4 Å². The lowest BCUT2D eigenvalue weighted by atomic mass is 10.1. The van der Waals surface area contributed by atoms with Gasteiger partial charge in [0.1, 0.15) is 11.5 Å². The molecule has 0 aliphatic heterocycles. The molecule has 18 heavy (non-hydrogen) atoms. The molecule has 0 saturated heterocycles. The number of hydrogen-bond donors (Lipinski definition) is 1. The average molecular weight is 270 g/mol. The number of methoxy groups -OCH3 is 2. The van der Waals surface area contributed by atoms with Gasteiger partial charge in [0.15, 0.2) is 0 Å². The zero-order valence-corrected chi connectivity index (χ0v) is 11.6. The van der Waals surface area contributed by atoms with Crippen LogP contribution in [-0.2, 0) is 6.42 Å². The zero-order valence-electron chi connectivity index (χ0n) is 10.8. The predicted molar refractivity (Wildman–Crippen MR) is 78.8 cm³/mol. The van der Waals surface area contributed by atoms with E-state index in [0.717, 1.165) is 29.0 Å². The molecule has 0 radical (unpaired) electrons. The number of nitrogens with two attached hydrogens (primary N) is 1. The first-order valence-corrected chi connectivity index (χ1v) is 5.50. The fraction of sp³-hybridized carbons (Fsp3) is 0.286. The Hall–Kier alpha value is -1.45. The maximum atomic E-state index is 5.57. The van der Waals surface area contributed by atoms with E-state index in [2.05, 4.69) is 6.58 Å². The lowest BCUT2D eigenvalue weighted by molar-refractivity contribution is 0.398. The van der Waals surface area contributed by atoms with E-state index in [9.17, 15) is 0 Å². The third kappa shape index (κ3) is 4.09. The highest BCUT2D eigenvalue weighted by molar-refractivity contribution is 5.85. The average Bonchev–Trinajstić information content (AvgIpc) is 2.36. The lowest BCUT2D eigenvalue weighted by Crippen LogP contribution is -2.05. The number of halogens is 1. The van der Waals surface area contributed by atoms with Crippen molar-refractivity contribution in [1.29, 1.82) is 0 Å². The van der Waals surface area contributed by atoms with Crippen LogP contribution in [0.25, 0.3) is 6.08 Å². The van der Waals surface area contributed by atoms with Crippen LogP contribution in [0.15, 0.2) is 30.9 Å². The Balaban J connectivity index is 0.00000289. The number of hydrogen-bond acceptors (Lipinski definition) is 3. The van der Waals surface area contributed by atoms with Gasteiger partial charge in [0, 0.05) is 5.56 Å². The van der Waals surface area contributed by atoms with Gasteiger partial charge in [0.2, 0.25) is 0 Å². The van der Waals surface area contributed by atoms with Crippen LogP contribution in [0.2, 0.25) is 0 Å². The highest BCUT2D eigenvalue weighted by Gasteiger charge is 2.08. The smallest absolute Gasteiger partial charge is 0.126 e. The summed E-state index contributed by atoms with van der Waals surface area (Å²) in [6.45, 7) is 4.23. The van der Waals surface area contributed by atoms with Crippen LogP contribution in [0, 0.1) is 0 Å². The number of benzene rings is 1. The highest BCUT2D eigenvalue weighted by Crippen LogP contribution is 2.30. The molecule has 0 aliphatic carbocycles. The second kappa shape index (κ2) is 8.61. The standard InChI is InChI=1S/C14H19NO2.ClH/c1-4-5-6-11-9-14(17-3)12(7-8-15)10-13(11)16-2;/h4-6,9-10H,1,7-8,15H2,2-3H3;1H. The number of rotatable bonds is 6. The van der Waals surface area contributed by atoms with Gasteiger partial charge in [-0.2, -0.15) is 0 Å². The summed E-state index contributed by atoms with van der Waals surface area (Å²) in [5, 5.41) is 0. The topological polar surface area (TPSA) is 44.5 Å². The molecule has 3 nitrogen and oxygen atoms in total. The SMILES string of the molecule is C=CC=Cc1cc(OC)c(CCN)cc1OC.Cl. The summed E-state index contributed by atoms with van der Waals surface area (Å²) in [4.78, 5) is 0. The van der Waals surface area contributed by atoms with Crippen LogP contribution < -0.4 is 15.2 Å². The Bertz CT molecular complexity index is 417. The van der Waals surface area contributed by atoms with Gasteiger partial charge in [-0.25, -0.2) is 0 Å². The van der Waals surface area contributed by atoms with Crippen molar-refractivity contribution in [3.05, 3.63) is 42.0 Å². The second-order valence-electron chi connectivity index (χ2n) is 3.54. The maximum Gasteiger partial charge on any atom is 0.126 e. The third-order valence-electron chi connectivity index (χ3n) is 2.46. The molecule has 0 bridgehead atoms. The number of ether oxygens (including phenoxy) is 2. The van der Waals surface area contributed by atoms with E-state index in [1.807, 2.05) is 24.3 Å². The van der Waals surface area contributed by atoms with Crippen LogP contribution in [0.4, 0.5) is 0 Å². The van der Waals surface area contributed by atoms with Crippen LogP contribution in [0.3, 0.4) is 0 Å². The van der Waals surface area contributed by atoms with Gasteiger partial charge in [-0.1, -0.05) is 24.8 Å². The van der Waals surface area contributed by atoms with E-state index in [1.165, 1.54) is 0 Å². The van der Waals surface area contributed by atoms with Crippen LogP contribution >= 0.6 is 12.4 Å². The van der Waals surface area contributed by atoms with Crippen molar-refractivity contribution in [1.82, 2.24) is 0 Å². The molecule has 100 valence electrons. The van der Waals surface area contributed by atoms with Gasteiger partial charge < -0.3 is 15.2 Å². The summed E-state index contributed by atoms with van der Waals surface area (Å²) in [6, 6.07) is 3.91. The molecule has 0 atom stereocenters. The van der Waals surface area contributed by atoms with E-state index in [1.54, 1.807) is 20.3 Å². The molecule has 0 unspecified atom stereocenters. The molecule has 1 aromatic carbocycles. The fourth-order valence-electron chi connectivity index (χ4n) is 1.64. The van der Waals surface area contributed by atoms with Crippen molar-refractivity contribution in [2.75, 3.05) is 20.8 Å². The van der Waals surface area contributed by atoms with Crippen molar-refractivity contribution < 1.29 is 9.47 Å². The first kappa shape index (κ1) is 16.6. The molecular formula is C14H20ClNO2. The van der Waals surface area contributed by atoms with Crippen LogP contribution in [0.5, 0.6) is 11.5 Å². The molecule has 1 rings (SSSR count). The Morgan fingerprint density at radius 2 is 1.89 bits per heavy atom. The van der Waals surface area contributed by atoms with Crippen molar-refractivity contribution >= 4 is 18.5 Å². The Kier molecular flexibility index (Phi) is 7.92. The molecule has 4 heteroatoms. The summed E-state index contributed by atoms with van der Waals surface area (Å²) in [6.07, 6.45) is 6.28. The van der Waals surface area contributed by atoms with E-state index in [0.29, 0.717) is 6.54 Å². The molecule has 0 aliphatic rings. The quantitative estimate of drug-likeness (QED) is 0.808. The van der Waals surface area contributed by atoms with Gasteiger partial charge in [0.25, 0.3) is 0 Å². The predicted octanol–water partition coefficient (Wildman–Crippen LogP) is 2.83. The van der Waals surface area contributed by atoms with Gasteiger partial charge in [0.05, 0.1) is 14.2 Å². The van der Waals surface area contributed by atoms with Crippen molar-refractivity contribution in [2.24, 2.45) is 5.73 Å². The van der Waals surface area contributed by atoms with E-state index in [-0.39, 0.29) is 12.4 Å². The van der Waals surface area contributed by atoms with Crippen LogP contribution in [-0.4, -0.2) is 20.8 Å². The van der Waals surface area contributed by atoms with Crippen molar-refractivity contribution in [3.8, 4) is 11.5 Å². The Morgan fingerprint density at radius 3 is 2.39 bits per heavy atom. The lowest BCUT2D eigenvalue weighted by Gasteiger charge is -2.12. The summed E-state index contributed by atoms with van der Waals surface area (Å²) >= 11 is 0. The molecular weight excluding hydrogens is 250 g/mol. The largest absolute Gasteiger partial charge is 0.496 e. The van der Waals surface area contributed by atoms with Gasteiger partial charge >= 0.3 is 0 Å². The summed E-state index contributed by atoms with van der Waals surface area (Å²) < 4.78 is 10.7. The zero-order chi connectivity index (χ0) is 12.7. The van der Waals surface area contributed by atoms with Gasteiger partial charge in [-0.05, 0) is 30.7 Å². The molecule has 0 saturated carbocycles. The second-order valence-corrected chi connectivity index (χ2v) is 3.54. The Labute approximate surface area is 115 Å². The first-order chi connectivity index (χ1) is 8.26. The molecule has 0 spiro atoms. The monoisotopic (exact) mass is 269 g/mol.